The summed E-state index contributed by atoms with van der Waals surface area (Å²) in [6, 6.07) is -0.0988. The molecule has 1 unspecified atom stereocenters. The lowest BCUT2D eigenvalue weighted by Gasteiger charge is -2.39. The van der Waals surface area contributed by atoms with E-state index in [9.17, 15) is 4.79 Å². The zero-order chi connectivity index (χ0) is 13.1. The highest BCUT2D eigenvalue weighted by molar-refractivity contribution is 5.81. The molecule has 1 amide bonds. The molecule has 3 heteroatoms. The van der Waals surface area contributed by atoms with Crippen LogP contribution in [0.1, 0.15) is 60.3 Å². The van der Waals surface area contributed by atoms with E-state index in [-0.39, 0.29) is 17.5 Å². The molecule has 0 radical (unpaired) electrons. The number of hydrogen-bond acceptors (Lipinski definition) is 2. The van der Waals surface area contributed by atoms with Crippen molar-refractivity contribution < 1.29 is 4.79 Å². The van der Waals surface area contributed by atoms with Gasteiger partial charge in [-0.1, -0.05) is 20.3 Å². The Morgan fingerprint density at radius 1 is 1.41 bits per heavy atom. The predicted molar refractivity (Wildman–Crippen MR) is 71.9 cm³/mol. The molecular weight excluding hydrogens is 212 g/mol. The third-order valence-corrected chi connectivity index (χ3v) is 4.13. The first-order valence-electron chi connectivity index (χ1n) is 6.83. The van der Waals surface area contributed by atoms with Crippen molar-refractivity contribution in [1.29, 1.82) is 0 Å². The summed E-state index contributed by atoms with van der Waals surface area (Å²) in [5, 5.41) is 6.44. The number of rotatable bonds is 6. The maximum Gasteiger partial charge on any atom is 0.237 e. The monoisotopic (exact) mass is 240 g/mol. The van der Waals surface area contributed by atoms with Gasteiger partial charge in [0.1, 0.15) is 0 Å². The van der Waals surface area contributed by atoms with Crippen LogP contribution in [0.25, 0.3) is 0 Å². The van der Waals surface area contributed by atoms with E-state index in [4.69, 9.17) is 0 Å². The first kappa shape index (κ1) is 14.5. The Morgan fingerprint density at radius 3 is 2.41 bits per heavy atom. The zero-order valence-corrected chi connectivity index (χ0v) is 12.0. The lowest BCUT2D eigenvalue weighted by atomic mass is 9.70. The van der Waals surface area contributed by atoms with Crippen molar-refractivity contribution in [3.8, 4) is 0 Å². The normalized spacial score (nSPS) is 20.5. The molecule has 1 atom stereocenters. The maximum absolute atomic E-state index is 12.0. The third kappa shape index (κ3) is 4.30. The summed E-state index contributed by atoms with van der Waals surface area (Å²) in [7, 11) is 0. The second-order valence-corrected chi connectivity index (χ2v) is 6.49. The minimum Gasteiger partial charge on any atom is -0.350 e. The minimum absolute atomic E-state index is 0.0988. The molecule has 0 bridgehead atoms. The Hall–Kier alpha value is -0.570. The zero-order valence-electron chi connectivity index (χ0n) is 12.0. The van der Waals surface area contributed by atoms with Crippen molar-refractivity contribution in [3.63, 3.8) is 0 Å². The van der Waals surface area contributed by atoms with Crippen LogP contribution < -0.4 is 10.6 Å². The van der Waals surface area contributed by atoms with E-state index in [0.717, 1.165) is 13.0 Å². The van der Waals surface area contributed by atoms with Gasteiger partial charge < -0.3 is 10.6 Å². The summed E-state index contributed by atoms with van der Waals surface area (Å²) >= 11 is 0. The van der Waals surface area contributed by atoms with Crippen molar-refractivity contribution in [3.05, 3.63) is 0 Å². The molecule has 0 aromatic rings. The molecule has 1 saturated carbocycles. The predicted octanol–water partition coefficient (Wildman–Crippen LogP) is 2.46. The topological polar surface area (TPSA) is 41.1 Å². The highest BCUT2D eigenvalue weighted by atomic mass is 16.2. The molecule has 1 aliphatic rings. The molecule has 0 saturated heterocycles. The molecule has 1 fully saturated rings. The van der Waals surface area contributed by atoms with Crippen LogP contribution in [0.5, 0.6) is 0 Å². The minimum atomic E-state index is -0.104. The SMILES string of the molecule is CCC(C)(C)NC(=O)C(C)NCC1(C)CCC1. The summed E-state index contributed by atoms with van der Waals surface area (Å²) in [5.74, 6) is 0.111. The van der Waals surface area contributed by atoms with Gasteiger partial charge in [-0.3, -0.25) is 4.79 Å². The standard InChI is InChI=1S/C14H28N2O/c1-6-13(3,4)16-12(17)11(2)15-10-14(5)8-7-9-14/h11,15H,6-10H2,1-5H3,(H,16,17). The smallest absolute Gasteiger partial charge is 0.237 e. The van der Waals surface area contributed by atoms with Crippen LogP contribution in [0.15, 0.2) is 0 Å². The fourth-order valence-electron chi connectivity index (χ4n) is 1.98. The molecule has 0 aromatic heterocycles. The molecule has 0 heterocycles. The van der Waals surface area contributed by atoms with Gasteiger partial charge in [-0.15, -0.1) is 0 Å². The van der Waals surface area contributed by atoms with Crippen LogP contribution >= 0.6 is 0 Å². The number of carbonyl (C=O) groups is 1. The molecule has 0 aromatic carbocycles. The average molecular weight is 240 g/mol. The number of hydrogen-bond donors (Lipinski definition) is 2. The Balaban J connectivity index is 2.31. The van der Waals surface area contributed by atoms with Gasteiger partial charge >= 0.3 is 0 Å². The van der Waals surface area contributed by atoms with Crippen molar-refractivity contribution in [2.24, 2.45) is 5.41 Å². The first-order valence-corrected chi connectivity index (χ1v) is 6.83. The van der Waals surface area contributed by atoms with Crippen LogP contribution in [-0.2, 0) is 4.79 Å². The number of nitrogens with one attached hydrogen (secondary N) is 2. The van der Waals surface area contributed by atoms with Gasteiger partial charge in [0.25, 0.3) is 0 Å². The van der Waals surface area contributed by atoms with Crippen molar-refractivity contribution in [2.45, 2.75) is 71.9 Å². The highest BCUT2D eigenvalue weighted by Gasteiger charge is 2.32. The quantitative estimate of drug-likeness (QED) is 0.749. The summed E-state index contributed by atoms with van der Waals surface area (Å²) in [5.41, 5.74) is 0.322. The largest absolute Gasteiger partial charge is 0.350 e. The van der Waals surface area contributed by atoms with Crippen LogP contribution in [0.3, 0.4) is 0 Å². The van der Waals surface area contributed by atoms with Crippen molar-refractivity contribution >= 4 is 5.91 Å². The first-order chi connectivity index (χ1) is 7.78. The van der Waals surface area contributed by atoms with E-state index < -0.39 is 0 Å². The Bertz CT molecular complexity index is 269. The highest BCUT2D eigenvalue weighted by Crippen LogP contribution is 2.39. The Kier molecular flexibility index (Phi) is 4.59. The van der Waals surface area contributed by atoms with Gasteiger partial charge in [-0.05, 0) is 45.4 Å². The van der Waals surface area contributed by atoms with E-state index in [1.807, 2.05) is 6.92 Å². The summed E-state index contributed by atoms with van der Waals surface area (Å²) in [6.45, 7) is 11.4. The second kappa shape index (κ2) is 5.38. The van der Waals surface area contributed by atoms with Crippen LogP contribution in [0, 0.1) is 5.41 Å². The molecule has 0 aliphatic heterocycles. The van der Waals surface area contributed by atoms with Gasteiger partial charge in [0, 0.05) is 12.1 Å². The van der Waals surface area contributed by atoms with Crippen molar-refractivity contribution in [2.75, 3.05) is 6.54 Å². The molecular formula is C14H28N2O. The summed E-state index contributed by atoms with van der Waals surface area (Å²) in [6.07, 6.45) is 4.86. The molecule has 2 N–H and O–H groups in total. The lowest BCUT2D eigenvalue weighted by molar-refractivity contribution is -0.124. The van der Waals surface area contributed by atoms with Gasteiger partial charge in [0.15, 0.2) is 0 Å². The molecule has 17 heavy (non-hydrogen) atoms. The lowest BCUT2D eigenvalue weighted by Crippen LogP contribution is -2.52. The second-order valence-electron chi connectivity index (χ2n) is 6.49. The Morgan fingerprint density at radius 2 is 2.00 bits per heavy atom. The molecule has 1 aliphatic carbocycles. The van der Waals surface area contributed by atoms with Gasteiger partial charge in [0.05, 0.1) is 6.04 Å². The van der Waals surface area contributed by atoms with Crippen LogP contribution in [0.2, 0.25) is 0 Å². The average Bonchev–Trinajstić information content (AvgIpc) is 2.22. The summed E-state index contributed by atoms with van der Waals surface area (Å²) in [4.78, 5) is 12.0. The molecule has 1 rings (SSSR count). The van der Waals surface area contributed by atoms with Crippen LogP contribution in [-0.4, -0.2) is 24.0 Å². The van der Waals surface area contributed by atoms with Crippen LogP contribution in [0.4, 0.5) is 0 Å². The number of carbonyl (C=O) groups excluding carboxylic acids is 1. The molecule has 0 spiro atoms. The Labute approximate surface area is 106 Å². The van der Waals surface area contributed by atoms with Gasteiger partial charge in [0.2, 0.25) is 5.91 Å². The number of amides is 1. The fourth-order valence-corrected chi connectivity index (χ4v) is 1.98. The van der Waals surface area contributed by atoms with E-state index in [2.05, 4.69) is 38.3 Å². The van der Waals surface area contributed by atoms with Gasteiger partial charge in [-0.2, -0.15) is 0 Å². The van der Waals surface area contributed by atoms with E-state index >= 15 is 0 Å². The summed E-state index contributed by atoms with van der Waals surface area (Å²) < 4.78 is 0. The van der Waals surface area contributed by atoms with E-state index in [1.165, 1.54) is 19.3 Å². The van der Waals surface area contributed by atoms with E-state index in [0.29, 0.717) is 5.41 Å². The fraction of sp³-hybridized carbons (Fsp3) is 0.929. The molecule has 100 valence electrons. The molecule has 3 nitrogen and oxygen atoms in total. The van der Waals surface area contributed by atoms with Gasteiger partial charge in [-0.25, -0.2) is 0 Å². The maximum atomic E-state index is 12.0. The third-order valence-electron chi connectivity index (χ3n) is 4.13. The van der Waals surface area contributed by atoms with E-state index in [1.54, 1.807) is 0 Å². The van der Waals surface area contributed by atoms with Crippen molar-refractivity contribution in [1.82, 2.24) is 10.6 Å².